The average molecular weight is 306 g/mol. The molecule has 0 saturated carbocycles. The van der Waals surface area contributed by atoms with E-state index in [-0.39, 0.29) is 17.4 Å². The van der Waals surface area contributed by atoms with Gasteiger partial charge in [-0.15, -0.1) is 0 Å². The summed E-state index contributed by atoms with van der Waals surface area (Å²) in [7, 11) is -3.12. The fourth-order valence-corrected chi connectivity index (χ4v) is 4.36. The Morgan fingerprint density at radius 2 is 1.95 bits per heavy atom. The summed E-state index contributed by atoms with van der Waals surface area (Å²) in [5, 5.41) is 14.0. The number of carboxylic acids is 1. The van der Waals surface area contributed by atoms with E-state index in [0.717, 1.165) is 0 Å². The maximum absolute atomic E-state index is 11.8. The first kappa shape index (κ1) is 16.7. The summed E-state index contributed by atoms with van der Waals surface area (Å²) in [6, 6.07) is -1.62. The lowest BCUT2D eigenvalue weighted by molar-refractivity contribution is -0.139. The number of carbonyl (C=O) groups is 2. The van der Waals surface area contributed by atoms with Crippen LogP contribution in [0.2, 0.25) is 0 Å². The van der Waals surface area contributed by atoms with E-state index in [0.29, 0.717) is 12.8 Å². The van der Waals surface area contributed by atoms with Crippen molar-refractivity contribution >= 4 is 21.8 Å². The molecular weight excluding hydrogens is 284 g/mol. The third kappa shape index (κ3) is 4.99. The quantitative estimate of drug-likeness (QED) is 0.679. The molecule has 1 rings (SSSR count). The van der Waals surface area contributed by atoms with Gasteiger partial charge in [-0.3, -0.25) is 0 Å². The number of amides is 2. The van der Waals surface area contributed by atoms with Gasteiger partial charge in [-0.25, -0.2) is 18.0 Å². The van der Waals surface area contributed by atoms with Crippen molar-refractivity contribution in [3.8, 4) is 0 Å². The lowest BCUT2D eigenvalue weighted by Crippen LogP contribution is -2.54. The number of rotatable bonds is 5. The number of nitrogens with one attached hydrogen (secondary N) is 2. The van der Waals surface area contributed by atoms with E-state index >= 15 is 0 Å². The summed E-state index contributed by atoms with van der Waals surface area (Å²) in [6.45, 7) is 5.37. The highest BCUT2D eigenvalue weighted by molar-refractivity contribution is 7.91. The molecule has 1 fully saturated rings. The first-order valence-corrected chi connectivity index (χ1v) is 8.37. The standard InChI is InChI=1S/C12H22N2O5S/c1-8(2)6-9(10(15)16)13-11(17)14-12(3)4-5-20(18,19)7-12/h8-9H,4-7H2,1-3H3,(H,15,16)(H2,13,14,17). The molecule has 1 heterocycles. The molecule has 7 nitrogen and oxygen atoms in total. The van der Waals surface area contributed by atoms with Crippen LogP contribution < -0.4 is 10.6 Å². The lowest BCUT2D eigenvalue weighted by atomic mass is 10.0. The van der Waals surface area contributed by atoms with Crippen LogP contribution in [0.25, 0.3) is 0 Å². The van der Waals surface area contributed by atoms with Crippen LogP contribution in [0.3, 0.4) is 0 Å². The number of sulfone groups is 1. The number of hydrogen-bond donors (Lipinski definition) is 3. The molecule has 2 amide bonds. The molecule has 3 N–H and O–H groups in total. The molecule has 116 valence electrons. The van der Waals surface area contributed by atoms with Crippen molar-refractivity contribution < 1.29 is 23.1 Å². The van der Waals surface area contributed by atoms with Gasteiger partial charge in [0.1, 0.15) is 6.04 Å². The molecule has 1 aliphatic heterocycles. The Kier molecular flexibility index (Phi) is 5.01. The van der Waals surface area contributed by atoms with Gasteiger partial charge in [0.2, 0.25) is 0 Å². The van der Waals surface area contributed by atoms with Crippen molar-refractivity contribution in [2.45, 2.75) is 45.2 Å². The molecule has 2 atom stereocenters. The molecule has 0 aromatic rings. The van der Waals surface area contributed by atoms with Gasteiger partial charge in [0.15, 0.2) is 9.84 Å². The molecule has 2 unspecified atom stereocenters. The fraction of sp³-hybridized carbons (Fsp3) is 0.833. The van der Waals surface area contributed by atoms with Crippen LogP contribution in [0.1, 0.15) is 33.6 Å². The van der Waals surface area contributed by atoms with Crippen LogP contribution in [0.15, 0.2) is 0 Å². The normalized spacial score (nSPS) is 26.2. The van der Waals surface area contributed by atoms with E-state index in [1.54, 1.807) is 6.92 Å². The summed E-state index contributed by atoms with van der Waals surface area (Å²) in [5.41, 5.74) is -0.830. The largest absolute Gasteiger partial charge is 0.480 e. The SMILES string of the molecule is CC(C)CC(NC(=O)NC1(C)CCS(=O)(=O)C1)C(=O)O. The van der Waals surface area contributed by atoms with Crippen molar-refractivity contribution in [2.75, 3.05) is 11.5 Å². The van der Waals surface area contributed by atoms with Crippen LogP contribution >= 0.6 is 0 Å². The summed E-state index contributed by atoms with van der Waals surface area (Å²) >= 11 is 0. The maximum Gasteiger partial charge on any atom is 0.326 e. The lowest BCUT2D eigenvalue weighted by Gasteiger charge is -2.25. The van der Waals surface area contributed by atoms with Gasteiger partial charge in [-0.1, -0.05) is 13.8 Å². The maximum atomic E-state index is 11.8. The van der Waals surface area contributed by atoms with E-state index in [1.807, 2.05) is 13.8 Å². The van der Waals surface area contributed by atoms with Crippen LogP contribution in [-0.4, -0.2) is 48.6 Å². The Morgan fingerprint density at radius 1 is 1.35 bits per heavy atom. The van der Waals surface area contributed by atoms with Crippen LogP contribution in [0.5, 0.6) is 0 Å². The Hall–Kier alpha value is -1.31. The van der Waals surface area contributed by atoms with E-state index < -0.39 is 33.4 Å². The molecule has 0 bridgehead atoms. The van der Waals surface area contributed by atoms with Crippen molar-refractivity contribution in [3.05, 3.63) is 0 Å². The Labute approximate surface area is 119 Å². The smallest absolute Gasteiger partial charge is 0.326 e. The molecule has 1 aliphatic rings. The molecule has 1 saturated heterocycles. The molecular formula is C12H22N2O5S. The molecule has 0 spiro atoms. The van der Waals surface area contributed by atoms with Gasteiger partial charge < -0.3 is 15.7 Å². The Balaban J connectivity index is 2.60. The highest BCUT2D eigenvalue weighted by Gasteiger charge is 2.39. The minimum atomic E-state index is -3.12. The number of carboxylic acid groups (broad SMARTS) is 1. The second-order valence-electron chi connectivity index (χ2n) is 6.02. The summed E-state index contributed by atoms with van der Waals surface area (Å²) in [6.07, 6.45) is 0.655. The van der Waals surface area contributed by atoms with E-state index in [4.69, 9.17) is 5.11 Å². The minimum absolute atomic E-state index is 0.0398. The monoisotopic (exact) mass is 306 g/mol. The summed E-state index contributed by atoms with van der Waals surface area (Å²) in [5.74, 6) is -1.05. The average Bonchev–Trinajstić information content (AvgIpc) is 2.50. The van der Waals surface area contributed by atoms with Crippen LogP contribution in [-0.2, 0) is 14.6 Å². The zero-order valence-corrected chi connectivity index (χ0v) is 12.8. The van der Waals surface area contributed by atoms with E-state index in [2.05, 4.69) is 10.6 Å². The van der Waals surface area contributed by atoms with Crippen molar-refractivity contribution in [2.24, 2.45) is 5.92 Å². The second-order valence-corrected chi connectivity index (χ2v) is 8.21. The predicted octanol–water partition coefficient (Wildman–Crippen LogP) is 0.362. The van der Waals surface area contributed by atoms with Gasteiger partial charge in [0.05, 0.1) is 17.0 Å². The third-order valence-electron chi connectivity index (χ3n) is 3.23. The first-order valence-electron chi connectivity index (χ1n) is 6.55. The predicted molar refractivity (Wildman–Crippen MR) is 74.2 cm³/mol. The molecule has 0 aliphatic carbocycles. The first-order chi connectivity index (χ1) is 9.03. The minimum Gasteiger partial charge on any atom is -0.480 e. The van der Waals surface area contributed by atoms with Crippen LogP contribution in [0.4, 0.5) is 4.79 Å². The molecule has 0 aromatic carbocycles. The topological polar surface area (TPSA) is 113 Å². The highest BCUT2D eigenvalue weighted by atomic mass is 32.2. The number of urea groups is 1. The van der Waals surface area contributed by atoms with Gasteiger partial charge >= 0.3 is 12.0 Å². The second kappa shape index (κ2) is 5.99. The van der Waals surface area contributed by atoms with Gasteiger partial charge in [0.25, 0.3) is 0 Å². The number of carbonyl (C=O) groups excluding carboxylic acids is 1. The van der Waals surface area contributed by atoms with E-state index in [9.17, 15) is 18.0 Å². The third-order valence-corrected chi connectivity index (χ3v) is 5.13. The zero-order valence-electron chi connectivity index (χ0n) is 12.0. The van der Waals surface area contributed by atoms with Crippen molar-refractivity contribution in [3.63, 3.8) is 0 Å². The van der Waals surface area contributed by atoms with E-state index in [1.165, 1.54) is 0 Å². The van der Waals surface area contributed by atoms with Gasteiger partial charge in [0, 0.05) is 0 Å². The summed E-state index contributed by atoms with van der Waals surface area (Å²) in [4.78, 5) is 22.9. The van der Waals surface area contributed by atoms with Crippen molar-refractivity contribution in [1.82, 2.24) is 10.6 Å². The Morgan fingerprint density at radius 3 is 2.35 bits per heavy atom. The number of aliphatic carboxylic acids is 1. The highest BCUT2D eigenvalue weighted by Crippen LogP contribution is 2.22. The van der Waals surface area contributed by atoms with Crippen LogP contribution in [0, 0.1) is 5.92 Å². The Bertz CT molecular complexity index is 488. The molecule has 0 radical (unpaired) electrons. The van der Waals surface area contributed by atoms with Crippen molar-refractivity contribution in [1.29, 1.82) is 0 Å². The fourth-order valence-electron chi connectivity index (χ4n) is 2.27. The summed E-state index contributed by atoms with van der Waals surface area (Å²) < 4.78 is 22.9. The van der Waals surface area contributed by atoms with Gasteiger partial charge in [-0.05, 0) is 25.7 Å². The van der Waals surface area contributed by atoms with Gasteiger partial charge in [-0.2, -0.15) is 0 Å². The zero-order chi connectivity index (χ0) is 15.6. The molecule has 8 heteroatoms. The molecule has 0 aromatic heterocycles. The molecule has 20 heavy (non-hydrogen) atoms. The number of hydrogen-bond acceptors (Lipinski definition) is 4.